The lowest BCUT2D eigenvalue weighted by Gasteiger charge is -2.17. The van der Waals surface area contributed by atoms with Crippen LogP contribution in [-0.2, 0) is 0 Å². The summed E-state index contributed by atoms with van der Waals surface area (Å²) >= 11 is 0. The minimum Gasteiger partial charge on any atom is -0.463 e. The Kier molecular flexibility index (Phi) is 4.37. The highest BCUT2D eigenvalue weighted by Crippen LogP contribution is 2.16. The highest BCUT2D eigenvalue weighted by Gasteiger charge is 2.20. The maximum atomic E-state index is 5.51. The van der Waals surface area contributed by atoms with Gasteiger partial charge in [-0.05, 0) is 19.1 Å². The van der Waals surface area contributed by atoms with E-state index in [-0.39, 0.29) is 0 Å². The molecule has 0 amide bonds. The molecule has 0 aliphatic heterocycles. The molecule has 0 unspecified atom stereocenters. The van der Waals surface area contributed by atoms with Gasteiger partial charge in [-0.3, -0.25) is 0 Å². The second-order valence-corrected chi connectivity index (χ2v) is 4.54. The van der Waals surface area contributed by atoms with E-state index >= 15 is 0 Å². The molecule has 1 aromatic heterocycles. The van der Waals surface area contributed by atoms with Crippen LogP contribution < -0.4 is 5.32 Å². The van der Waals surface area contributed by atoms with Crippen molar-refractivity contribution < 1.29 is 9.73 Å². The number of furan rings is 1. The van der Waals surface area contributed by atoms with E-state index < -0.39 is 0 Å². The molecular weight excluding hydrogens is 222 g/mol. The predicted molar refractivity (Wildman–Crippen MR) is 73.0 cm³/mol. The van der Waals surface area contributed by atoms with Gasteiger partial charge in [0.2, 0.25) is 0 Å². The van der Waals surface area contributed by atoms with Crippen LogP contribution in [0.25, 0.3) is 0 Å². The summed E-state index contributed by atoms with van der Waals surface area (Å²) in [6.45, 7) is 6.05. The van der Waals surface area contributed by atoms with E-state index in [0.29, 0.717) is 12.1 Å². The van der Waals surface area contributed by atoms with Crippen LogP contribution in [-0.4, -0.2) is 0 Å². The van der Waals surface area contributed by atoms with E-state index in [1.807, 2.05) is 24.3 Å². The average Bonchev–Trinajstić information content (AvgIpc) is 2.93. The number of nitrogens with two attached hydrogens (primary N) is 1. The Hall–Kier alpha value is -1.80. The van der Waals surface area contributed by atoms with Gasteiger partial charge in [-0.2, -0.15) is 0 Å². The minimum absolute atomic E-state index is 0.299. The molecule has 0 bridgehead atoms. The zero-order chi connectivity index (χ0) is 12.8. The Morgan fingerprint density at radius 3 is 2.61 bits per heavy atom. The lowest BCUT2D eigenvalue weighted by atomic mass is 10.1. The fourth-order valence-corrected chi connectivity index (χ4v) is 2.19. The molecule has 0 aliphatic rings. The summed E-state index contributed by atoms with van der Waals surface area (Å²) in [5.74, 6) is 1.01. The predicted octanol–water partition coefficient (Wildman–Crippen LogP) is 3.22. The molecule has 0 radical (unpaired) electrons. The van der Waals surface area contributed by atoms with Crippen LogP contribution in [0.3, 0.4) is 0 Å². The molecule has 2 rings (SSSR count). The van der Waals surface area contributed by atoms with Crippen molar-refractivity contribution in [2.75, 3.05) is 0 Å². The summed E-state index contributed by atoms with van der Waals surface area (Å²) in [5, 5.41) is 2.33. The van der Waals surface area contributed by atoms with E-state index in [4.69, 9.17) is 4.42 Å². The van der Waals surface area contributed by atoms with E-state index in [1.54, 1.807) is 6.26 Å². The molecule has 2 aromatic rings. The number of rotatable bonds is 6. The molecule has 0 saturated heterocycles. The van der Waals surface area contributed by atoms with Crippen molar-refractivity contribution in [3.8, 4) is 0 Å². The molecule has 94 valence electrons. The number of hydrogen-bond acceptors (Lipinski definition) is 1. The molecule has 0 saturated carbocycles. The Morgan fingerprint density at radius 2 is 2.00 bits per heavy atom. The molecule has 1 heterocycles. The zero-order valence-corrected chi connectivity index (χ0v) is 10.8. The Morgan fingerprint density at radius 1 is 1.22 bits per heavy atom. The summed E-state index contributed by atoms with van der Waals surface area (Å²) in [6, 6.07) is 15.2. The first-order valence-electron chi connectivity index (χ1n) is 6.35. The van der Waals surface area contributed by atoms with Crippen LogP contribution in [0.2, 0.25) is 0 Å². The van der Waals surface area contributed by atoms with Crippen molar-refractivity contribution in [2.24, 2.45) is 0 Å². The lowest BCUT2D eigenvalue weighted by Crippen LogP contribution is -2.85. The van der Waals surface area contributed by atoms with Gasteiger partial charge in [-0.15, -0.1) is 6.58 Å². The van der Waals surface area contributed by atoms with Crippen LogP contribution in [0.15, 0.2) is 65.8 Å². The molecule has 0 spiro atoms. The summed E-state index contributed by atoms with van der Waals surface area (Å²) in [7, 11) is 0. The summed E-state index contributed by atoms with van der Waals surface area (Å²) in [4.78, 5) is 0. The fraction of sp³-hybridized carbons (Fsp3) is 0.250. The zero-order valence-electron chi connectivity index (χ0n) is 10.8. The maximum Gasteiger partial charge on any atom is 0.161 e. The summed E-state index contributed by atoms with van der Waals surface area (Å²) in [6.07, 6.45) is 4.58. The number of benzene rings is 1. The largest absolute Gasteiger partial charge is 0.463 e. The Bertz CT molecular complexity index is 461. The van der Waals surface area contributed by atoms with Gasteiger partial charge in [0.15, 0.2) is 5.76 Å². The van der Waals surface area contributed by atoms with Gasteiger partial charge in [-0.25, -0.2) is 0 Å². The van der Waals surface area contributed by atoms with E-state index in [1.165, 1.54) is 5.56 Å². The van der Waals surface area contributed by atoms with Gasteiger partial charge >= 0.3 is 0 Å². The quantitative estimate of drug-likeness (QED) is 0.774. The standard InChI is InChI=1S/C16H19NO/c1-3-8-15(16-11-7-12-18-16)17-13(2)14-9-5-4-6-10-14/h3-7,9-13,15,17H,1,8H2,2H3/p+1/t13-,15+/m0/s1. The monoisotopic (exact) mass is 242 g/mol. The van der Waals surface area contributed by atoms with Gasteiger partial charge in [0.05, 0.1) is 6.26 Å². The van der Waals surface area contributed by atoms with Crippen molar-refractivity contribution in [1.29, 1.82) is 0 Å². The van der Waals surface area contributed by atoms with Crippen LogP contribution >= 0.6 is 0 Å². The fourth-order valence-electron chi connectivity index (χ4n) is 2.19. The van der Waals surface area contributed by atoms with Crippen LogP contribution in [0.4, 0.5) is 0 Å². The van der Waals surface area contributed by atoms with Crippen LogP contribution in [0.1, 0.15) is 36.8 Å². The molecule has 2 nitrogen and oxygen atoms in total. The first kappa shape index (κ1) is 12.7. The summed E-state index contributed by atoms with van der Waals surface area (Å²) in [5.41, 5.74) is 1.33. The minimum atomic E-state index is 0.299. The normalized spacial score (nSPS) is 14.1. The molecular formula is C16H20NO+. The Labute approximate surface area is 108 Å². The van der Waals surface area contributed by atoms with E-state index in [9.17, 15) is 0 Å². The van der Waals surface area contributed by atoms with Crippen LogP contribution in [0.5, 0.6) is 0 Å². The SMILES string of the molecule is C=CC[C@@H]([NH2+][C@@H](C)c1ccccc1)c1ccco1. The first-order chi connectivity index (χ1) is 8.81. The van der Waals surface area contributed by atoms with Crippen molar-refractivity contribution in [1.82, 2.24) is 0 Å². The number of hydrogen-bond donors (Lipinski definition) is 1. The van der Waals surface area contributed by atoms with Crippen molar-refractivity contribution >= 4 is 0 Å². The number of quaternary nitrogens is 1. The molecule has 0 fully saturated rings. The van der Waals surface area contributed by atoms with Gasteiger partial charge < -0.3 is 9.73 Å². The lowest BCUT2D eigenvalue weighted by molar-refractivity contribution is -0.732. The van der Waals surface area contributed by atoms with Crippen molar-refractivity contribution in [3.05, 3.63) is 72.7 Å². The second-order valence-electron chi connectivity index (χ2n) is 4.54. The Balaban J connectivity index is 2.07. The van der Waals surface area contributed by atoms with Gasteiger partial charge in [0, 0.05) is 12.0 Å². The molecule has 2 N–H and O–H groups in total. The third-order valence-corrected chi connectivity index (χ3v) is 3.18. The highest BCUT2D eigenvalue weighted by atomic mass is 16.3. The van der Waals surface area contributed by atoms with Gasteiger partial charge in [0.25, 0.3) is 0 Å². The average molecular weight is 242 g/mol. The summed E-state index contributed by atoms with van der Waals surface area (Å²) < 4.78 is 5.51. The molecule has 2 atom stereocenters. The smallest absolute Gasteiger partial charge is 0.161 e. The van der Waals surface area contributed by atoms with E-state index in [2.05, 4.69) is 43.1 Å². The van der Waals surface area contributed by atoms with Gasteiger partial charge in [-0.1, -0.05) is 36.4 Å². The topological polar surface area (TPSA) is 29.8 Å². The third-order valence-electron chi connectivity index (χ3n) is 3.18. The molecule has 1 aromatic carbocycles. The molecule has 0 aliphatic carbocycles. The maximum absolute atomic E-state index is 5.51. The first-order valence-corrected chi connectivity index (χ1v) is 6.35. The molecule has 18 heavy (non-hydrogen) atoms. The third kappa shape index (κ3) is 3.11. The second kappa shape index (κ2) is 6.22. The van der Waals surface area contributed by atoms with Crippen molar-refractivity contribution in [3.63, 3.8) is 0 Å². The van der Waals surface area contributed by atoms with Crippen LogP contribution in [0, 0.1) is 0 Å². The van der Waals surface area contributed by atoms with Crippen molar-refractivity contribution in [2.45, 2.75) is 25.4 Å². The highest BCUT2D eigenvalue weighted by molar-refractivity contribution is 5.16. The molecule has 2 heteroatoms. The van der Waals surface area contributed by atoms with E-state index in [0.717, 1.165) is 12.2 Å². The van der Waals surface area contributed by atoms with Gasteiger partial charge in [0.1, 0.15) is 12.1 Å².